The maximum atomic E-state index is 10.9. The largest absolute Gasteiger partial charge is 0.508 e. The zero-order valence-corrected chi connectivity index (χ0v) is 15.3. The fourth-order valence-corrected chi connectivity index (χ4v) is 3.16. The Morgan fingerprint density at radius 3 is 1.57 bits per heavy atom. The summed E-state index contributed by atoms with van der Waals surface area (Å²) in [4.78, 5) is 10.9. The van der Waals surface area contributed by atoms with Gasteiger partial charge in [0.1, 0.15) is 22.8 Å². The van der Waals surface area contributed by atoms with Gasteiger partial charge in [0.15, 0.2) is 0 Å². The molecule has 4 N–H and O–H groups in total. The maximum Gasteiger partial charge on any atom is 0.339 e. The summed E-state index contributed by atoms with van der Waals surface area (Å²) < 4.78 is 0. The first-order chi connectivity index (χ1) is 13.4. The van der Waals surface area contributed by atoms with Crippen molar-refractivity contribution in [2.75, 3.05) is 0 Å². The van der Waals surface area contributed by atoms with Gasteiger partial charge in [-0.1, -0.05) is 30.3 Å². The number of carboxylic acids is 1. The molecule has 3 aromatic rings. The molecule has 0 unspecified atom stereocenters. The number of aromatic hydroxyl groups is 3. The van der Waals surface area contributed by atoms with Gasteiger partial charge in [0.05, 0.1) is 0 Å². The molecule has 144 valence electrons. The van der Waals surface area contributed by atoms with Crippen molar-refractivity contribution in [2.45, 2.75) is 25.7 Å². The summed E-state index contributed by atoms with van der Waals surface area (Å²) in [5, 5.41) is 37.8. The van der Waals surface area contributed by atoms with E-state index in [4.69, 9.17) is 5.11 Å². The van der Waals surface area contributed by atoms with Gasteiger partial charge in [0.2, 0.25) is 0 Å². The highest BCUT2D eigenvalue weighted by Crippen LogP contribution is 2.22. The Bertz CT molecular complexity index is 957. The van der Waals surface area contributed by atoms with Crippen LogP contribution < -0.4 is 0 Å². The monoisotopic (exact) mass is 378 g/mol. The second kappa shape index (κ2) is 8.48. The molecule has 3 aromatic carbocycles. The molecule has 0 saturated carbocycles. The molecular formula is C23H22O5. The molecule has 0 radical (unpaired) electrons. The Kier molecular flexibility index (Phi) is 5.84. The normalized spacial score (nSPS) is 10.7. The molecule has 0 saturated heterocycles. The van der Waals surface area contributed by atoms with Crippen molar-refractivity contribution < 1.29 is 25.2 Å². The number of carbonyl (C=O) groups is 1. The lowest BCUT2D eigenvalue weighted by Gasteiger charge is -2.07. The van der Waals surface area contributed by atoms with Gasteiger partial charge in [-0.15, -0.1) is 0 Å². The number of rotatable bonds is 7. The summed E-state index contributed by atoms with van der Waals surface area (Å²) >= 11 is 0. The van der Waals surface area contributed by atoms with E-state index in [9.17, 15) is 20.1 Å². The molecule has 0 aliphatic carbocycles. The molecule has 3 rings (SSSR count). The smallest absolute Gasteiger partial charge is 0.339 e. The highest BCUT2D eigenvalue weighted by molar-refractivity contribution is 5.90. The lowest BCUT2D eigenvalue weighted by atomic mass is 9.99. The van der Waals surface area contributed by atoms with Gasteiger partial charge < -0.3 is 20.4 Å². The Hall–Kier alpha value is -3.47. The molecule has 28 heavy (non-hydrogen) atoms. The first-order valence-corrected chi connectivity index (χ1v) is 9.05. The number of hydrogen-bond donors (Lipinski definition) is 4. The summed E-state index contributed by atoms with van der Waals surface area (Å²) in [6, 6.07) is 17.5. The van der Waals surface area contributed by atoms with Crippen LogP contribution in [0.25, 0.3) is 0 Å². The topological polar surface area (TPSA) is 98.0 Å². The zero-order chi connectivity index (χ0) is 20.1. The highest BCUT2D eigenvalue weighted by Gasteiger charge is 2.09. The first kappa shape index (κ1) is 19.3. The Morgan fingerprint density at radius 1 is 0.607 bits per heavy atom. The van der Waals surface area contributed by atoms with Crippen LogP contribution >= 0.6 is 0 Å². The summed E-state index contributed by atoms with van der Waals surface area (Å²) in [6.45, 7) is 0. The van der Waals surface area contributed by atoms with Gasteiger partial charge >= 0.3 is 5.97 Å². The summed E-state index contributed by atoms with van der Waals surface area (Å²) in [6.07, 6.45) is 3.01. The molecule has 0 bridgehead atoms. The number of aromatic carboxylic acids is 1. The van der Waals surface area contributed by atoms with Crippen LogP contribution in [-0.4, -0.2) is 26.4 Å². The minimum absolute atomic E-state index is 0.0628. The van der Waals surface area contributed by atoms with Crippen LogP contribution in [-0.2, 0) is 25.7 Å². The van der Waals surface area contributed by atoms with E-state index in [1.165, 1.54) is 18.2 Å². The molecule has 0 aliphatic heterocycles. The van der Waals surface area contributed by atoms with Crippen LogP contribution in [0, 0.1) is 0 Å². The Balaban J connectivity index is 1.55. The van der Waals surface area contributed by atoms with Crippen molar-refractivity contribution in [1.82, 2.24) is 0 Å². The van der Waals surface area contributed by atoms with Gasteiger partial charge in [-0.25, -0.2) is 4.79 Å². The molecule has 0 heterocycles. The third-order valence-corrected chi connectivity index (χ3v) is 4.68. The summed E-state index contributed by atoms with van der Waals surface area (Å²) in [5.41, 5.74) is 3.99. The lowest BCUT2D eigenvalue weighted by molar-refractivity contribution is 0.0693. The molecule has 5 heteroatoms. The van der Waals surface area contributed by atoms with Crippen LogP contribution in [0.1, 0.15) is 32.6 Å². The van der Waals surface area contributed by atoms with E-state index in [1.807, 2.05) is 0 Å². The molecule has 0 spiro atoms. The standard InChI is InChI=1S/C23H22O5/c24-19-11-18(12-20(25)14-19)8-6-16-3-1-15(2-4-16)5-7-17-9-10-21(23(27)28)22(26)13-17/h1-4,9-14,24-26H,5-8H2,(H,27,28). The van der Waals surface area contributed by atoms with E-state index in [-0.39, 0.29) is 22.8 Å². The van der Waals surface area contributed by atoms with Gasteiger partial charge in [0, 0.05) is 6.07 Å². The summed E-state index contributed by atoms with van der Waals surface area (Å²) in [5.74, 6) is -1.22. The average Bonchev–Trinajstić information content (AvgIpc) is 2.64. The van der Waals surface area contributed by atoms with Crippen molar-refractivity contribution in [2.24, 2.45) is 0 Å². The van der Waals surface area contributed by atoms with Crippen molar-refractivity contribution in [3.63, 3.8) is 0 Å². The highest BCUT2D eigenvalue weighted by atomic mass is 16.4. The van der Waals surface area contributed by atoms with Crippen molar-refractivity contribution >= 4 is 5.97 Å². The van der Waals surface area contributed by atoms with Crippen molar-refractivity contribution in [1.29, 1.82) is 0 Å². The average molecular weight is 378 g/mol. The van der Waals surface area contributed by atoms with Crippen LogP contribution in [0.3, 0.4) is 0 Å². The SMILES string of the molecule is O=C(O)c1ccc(CCc2ccc(CCc3cc(O)cc(O)c3)cc2)cc1O. The molecule has 0 aromatic heterocycles. The van der Waals surface area contributed by atoms with Gasteiger partial charge in [-0.2, -0.15) is 0 Å². The molecular weight excluding hydrogens is 356 g/mol. The van der Waals surface area contributed by atoms with E-state index >= 15 is 0 Å². The molecule has 0 fully saturated rings. The maximum absolute atomic E-state index is 10.9. The predicted octanol–water partition coefficient (Wildman–Crippen LogP) is 4.07. The second-order valence-electron chi connectivity index (χ2n) is 6.83. The number of carboxylic acid groups (broad SMARTS) is 1. The number of phenolic OH excluding ortho intramolecular Hbond substituents is 2. The van der Waals surface area contributed by atoms with Crippen molar-refractivity contribution in [3.05, 3.63) is 88.5 Å². The van der Waals surface area contributed by atoms with E-state index in [0.717, 1.165) is 41.5 Å². The van der Waals surface area contributed by atoms with Gasteiger partial charge in [0.25, 0.3) is 0 Å². The quantitative estimate of drug-likeness (QED) is 0.497. The van der Waals surface area contributed by atoms with E-state index in [2.05, 4.69) is 24.3 Å². The van der Waals surface area contributed by atoms with E-state index in [0.29, 0.717) is 6.42 Å². The van der Waals surface area contributed by atoms with Crippen LogP contribution in [0.4, 0.5) is 0 Å². The van der Waals surface area contributed by atoms with Crippen LogP contribution in [0.2, 0.25) is 0 Å². The Morgan fingerprint density at radius 2 is 1.07 bits per heavy atom. The lowest BCUT2D eigenvalue weighted by Crippen LogP contribution is -1.98. The van der Waals surface area contributed by atoms with Gasteiger partial charge in [-0.3, -0.25) is 0 Å². The third kappa shape index (κ3) is 5.04. The number of phenols is 3. The van der Waals surface area contributed by atoms with Crippen LogP contribution in [0.15, 0.2) is 60.7 Å². The zero-order valence-electron chi connectivity index (χ0n) is 15.3. The fourth-order valence-electron chi connectivity index (χ4n) is 3.16. The number of hydrogen-bond acceptors (Lipinski definition) is 4. The Labute approximate surface area is 163 Å². The van der Waals surface area contributed by atoms with E-state index < -0.39 is 5.97 Å². The number of aryl methyl sites for hydroxylation is 4. The molecule has 0 amide bonds. The number of benzene rings is 3. The predicted molar refractivity (Wildman–Crippen MR) is 106 cm³/mol. The van der Waals surface area contributed by atoms with E-state index in [1.54, 1.807) is 18.2 Å². The first-order valence-electron chi connectivity index (χ1n) is 9.05. The van der Waals surface area contributed by atoms with Crippen molar-refractivity contribution in [3.8, 4) is 17.2 Å². The molecule has 5 nitrogen and oxygen atoms in total. The molecule has 0 aliphatic rings. The minimum atomic E-state index is -1.14. The molecule has 0 atom stereocenters. The van der Waals surface area contributed by atoms with Gasteiger partial charge in [-0.05, 0) is 72.2 Å². The minimum Gasteiger partial charge on any atom is -0.508 e. The second-order valence-corrected chi connectivity index (χ2v) is 6.83. The summed E-state index contributed by atoms with van der Waals surface area (Å²) in [7, 11) is 0. The fraction of sp³-hybridized carbons (Fsp3) is 0.174. The third-order valence-electron chi connectivity index (χ3n) is 4.68. The van der Waals surface area contributed by atoms with Crippen LogP contribution in [0.5, 0.6) is 17.2 Å².